The van der Waals surface area contributed by atoms with Gasteiger partial charge >= 0.3 is 0 Å². The minimum atomic E-state index is 0.108. The summed E-state index contributed by atoms with van der Waals surface area (Å²) in [6.07, 6.45) is 2.33. The highest BCUT2D eigenvalue weighted by molar-refractivity contribution is 7.09. The van der Waals surface area contributed by atoms with Gasteiger partial charge in [0.05, 0.1) is 12.1 Å². The van der Waals surface area contributed by atoms with Gasteiger partial charge < -0.3 is 15.4 Å². The molecule has 2 heterocycles. The second-order valence-corrected chi connectivity index (χ2v) is 7.20. The molecule has 5 nitrogen and oxygen atoms in total. The number of rotatable bonds is 5. The zero-order valence-corrected chi connectivity index (χ0v) is 14.7. The summed E-state index contributed by atoms with van der Waals surface area (Å²) >= 11 is 1.53. The van der Waals surface area contributed by atoms with Crippen molar-refractivity contribution in [2.24, 2.45) is 5.73 Å². The van der Waals surface area contributed by atoms with Gasteiger partial charge in [-0.2, -0.15) is 0 Å². The van der Waals surface area contributed by atoms with E-state index >= 15 is 0 Å². The number of nitrogens with two attached hydrogens (primary N) is 1. The summed E-state index contributed by atoms with van der Waals surface area (Å²) in [5.41, 5.74) is 7.96. The molecule has 2 N–H and O–H groups in total. The average Bonchev–Trinajstić information content (AvgIpc) is 3.02. The maximum atomic E-state index is 12.3. The fourth-order valence-electron chi connectivity index (χ4n) is 2.78. The quantitative estimate of drug-likeness (QED) is 0.904. The summed E-state index contributed by atoms with van der Waals surface area (Å²) in [4.78, 5) is 18.7. The first-order valence-electron chi connectivity index (χ1n) is 8.26. The molecule has 128 valence electrons. The number of hydrogen-bond donors (Lipinski definition) is 1. The second kappa shape index (κ2) is 7.77. The number of thiazole rings is 1. The highest BCUT2D eigenvalue weighted by atomic mass is 32.1. The van der Waals surface area contributed by atoms with E-state index in [2.05, 4.69) is 4.98 Å². The van der Waals surface area contributed by atoms with Crippen molar-refractivity contribution in [3.8, 4) is 5.75 Å². The van der Waals surface area contributed by atoms with E-state index in [9.17, 15) is 4.79 Å². The van der Waals surface area contributed by atoms with Crippen LogP contribution in [0.4, 0.5) is 0 Å². The van der Waals surface area contributed by atoms with E-state index in [-0.39, 0.29) is 11.9 Å². The standard InChI is InChI=1S/C18H23N3O2S/c1-13-4-6-16(7-5-13)23-11-17-20-15(12-24-17)9-18(22)21-8-2-3-14(19)10-21/h4-7,12,14H,2-3,8-11,19H2,1H3. The Morgan fingerprint density at radius 1 is 1.42 bits per heavy atom. The molecule has 24 heavy (non-hydrogen) atoms. The first kappa shape index (κ1) is 16.9. The van der Waals surface area contributed by atoms with Gasteiger partial charge in [0.1, 0.15) is 17.4 Å². The lowest BCUT2D eigenvalue weighted by Crippen LogP contribution is -2.46. The first-order chi connectivity index (χ1) is 11.6. The smallest absolute Gasteiger partial charge is 0.228 e. The van der Waals surface area contributed by atoms with Crippen LogP contribution >= 0.6 is 11.3 Å². The van der Waals surface area contributed by atoms with Crippen LogP contribution in [-0.2, 0) is 17.8 Å². The predicted molar refractivity (Wildman–Crippen MR) is 95.1 cm³/mol. The van der Waals surface area contributed by atoms with Crippen LogP contribution in [0.5, 0.6) is 5.75 Å². The van der Waals surface area contributed by atoms with Crippen molar-refractivity contribution in [3.05, 3.63) is 45.9 Å². The molecule has 1 aliphatic heterocycles. The third-order valence-electron chi connectivity index (χ3n) is 4.13. The van der Waals surface area contributed by atoms with Gasteiger partial charge in [0.15, 0.2) is 0 Å². The number of carbonyl (C=O) groups is 1. The van der Waals surface area contributed by atoms with Crippen LogP contribution in [0.1, 0.15) is 29.1 Å². The SMILES string of the molecule is Cc1ccc(OCc2nc(CC(=O)N3CCCC(N)C3)cs2)cc1. The molecule has 0 saturated carbocycles. The van der Waals surface area contributed by atoms with E-state index in [0.29, 0.717) is 19.6 Å². The maximum absolute atomic E-state index is 12.3. The molecule has 1 aromatic heterocycles. The van der Waals surface area contributed by atoms with Crippen molar-refractivity contribution in [1.82, 2.24) is 9.88 Å². The number of aryl methyl sites for hydroxylation is 1. The monoisotopic (exact) mass is 345 g/mol. The molecule has 1 unspecified atom stereocenters. The minimum absolute atomic E-state index is 0.108. The van der Waals surface area contributed by atoms with Gasteiger partial charge in [0.25, 0.3) is 0 Å². The number of aromatic nitrogens is 1. The zero-order chi connectivity index (χ0) is 16.9. The molecule has 3 rings (SSSR count). The van der Waals surface area contributed by atoms with Gasteiger partial charge in [0.2, 0.25) is 5.91 Å². The van der Waals surface area contributed by atoms with Crippen LogP contribution in [0.2, 0.25) is 0 Å². The molecule has 0 spiro atoms. The molecule has 0 aliphatic carbocycles. The highest BCUT2D eigenvalue weighted by Crippen LogP contribution is 2.17. The molecule has 1 saturated heterocycles. The molecule has 1 aliphatic rings. The fourth-order valence-corrected chi connectivity index (χ4v) is 3.48. The Morgan fingerprint density at radius 2 is 2.21 bits per heavy atom. The number of hydrogen-bond acceptors (Lipinski definition) is 5. The molecule has 1 amide bonds. The summed E-state index contributed by atoms with van der Waals surface area (Å²) in [5, 5.41) is 2.82. The third-order valence-corrected chi connectivity index (χ3v) is 5.00. The van der Waals surface area contributed by atoms with E-state index in [4.69, 9.17) is 10.5 Å². The number of carbonyl (C=O) groups excluding carboxylic acids is 1. The molecule has 1 aromatic carbocycles. The summed E-state index contributed by atoms with van der Waals surface area (Å²) in [6.45, 7) is 3.94. The summed E-state index contributed by atoms with van der Waals surface area (Å²) in [5.74, 6) is 0.942. The molecule has 6 heteroatoms. The van der Waals surface area contributed by atoms with E-state index in [1.807, 2.05) is 41.5 Å². The number of piperidine rings is 1. The Labute approximate surface area is 146 Å². The van der Waals surface area contributed by atoms with Crippen LogP contribution in [-0.4, -0.2) is 34.9 Å². The van der Waals surface area contributed by atoms with Gasteiger partial charge in [-0.3, -0.25) is 4.79 Å². The Morgan fingerprint density at radius 3 is 2.96 bits per heavy atom. The summed E-state index contributed by atoms with van der Waals surface area (Å²) in [7, 11) is 0. The van der Waals surface area contributed by atoms with Gasteiger partial charge in [-0.15, -0.1) is 11.3 Å². The fraction of sp³-hybridized carbons (Fsp3) is 0.444. The number of nitrogens with zero attached hydrogens (tertiary/aromatic N) is 2. The van der Waals surface area contributed by atoms with Crippen molar-refractivity contribution in [2.45, 2.75) is 38.8 Å². The molecule has 0 bridgehead atoms. The largest absolute Gasteiger partial charge is 0.486 e. The highest BCUT2D eigenvalue weighted by Gasteiger charge is 2.21. The summed E-state index contributed by atoms with van der Waals surface area (Å²) < 4.78 is 5.73. The Hall–Kier alpha value is -1.92. The lowest BCUT2D eigenvalue weighted by molar-refractivity contribution is -0.131. The van der Waals surface area contributed by atoms with Crippen molar-refractivity contribution in [2.75, 3.05) is 13.1 Å². The van der Waals surface area contributed by atoms with E-state index in [1.54, 1.807) is 0 Å². The van der Waals surface area contributed by atoms with Crippen molar-refractivity contribution >= 4 is 17.2 Å². The van der Waals surface area contributed by atoms with Crippen LogP contribution < -0.4 is 10.5 Å². The number of amides is 1. The number of ether oxygens (including phenoxy) is 1. The number of benzene rings is 1. The normalized spacial score (nSPS) is 17.8. The van der Waals surface area contributed by atoms with Gasteiger partial charge in [0, 0.05) is 24.5 Å². The van der Waals surface area contributed by atoms with Crippen LogP contribution in [0.3, 0.4) is 0 Å². The predicted octanol–water partition coefficient (Wildman–Crippen LogP) is 2.52. The molecular weight excluding hydrogens is 322 g/mol. The lowest BCUT2D eigenvalue weighted by atomic mass is 10.1. The van der Waals surface area contributed by atoms with Gasteiger partial charge in [-0.25, -0.2) is 4.98 Å². The van der Waals surface area contributed by atoms with Gasteiger partial charge in [-0.05, 0) is 31.9 Å². The molecule has 2 aromatic rings. The van der Waals surface area contributed by atoms with E-state index < -0.39 is 0 Å². The zero-order valence-electron chi connectivity index (χ0n) is 13.9. The van der Waals surface area contributed by atoms with Crippen molar-refractivity contribution in [3.63, 3.8) is 0 Å². The lowest BCUT2D eigenvalue weighted by Gasteiger charge is -2.30. The third kappa shape index (κ3) is 4.55. The minimum Gasteiger partial charge on any atom is -0.486 e. The van der Waals surface area contributed by atoms with E-state index in [1.165, 1.54) is 16.9 Å². The average molecular weight is 345 g/mol. The maximum Gasteiger partial charge on any atom is 0.228 e. The van der Waals surface area contributed by atoms with Crippen LogP contribution in [0.15, 0.2) is 29.6 Å². The van der Waals surface area contributed by atoms with Gasteiger partial charge in [-0.1, -0.05) is 17.7 Å². The van der Waals surface area contributed by atoms with Crippen LogP contribution in [0, 0.1) is 6.92 Å². The first-order valence-corrected chi connectivity index (χ1v) is 9.14. The number of likely N-dealkylation sites (tertiary alicyclic amines) is 1. The molecular formula is C18H23N3O2S. The topological polar surface area (TPSA) is 68.5 Å². The van der Waals surface area contributed by atoms with E-state index in [0.717, 1.165) is 35.8 Å². The Kier molecular flexibility index (Phi) is 5.48. The molecule has 1 fully saturated rings. The van der Waals surface area contributed by atoms with Crippen molar-refractivity contribution in [1.29, 1.82) is 0 Å². The Balaban J connectivity index is 1.51. The Bertz CT molecular complexity index is 684. The second-order valence-electron chi connectivity index (χ2n) is 6.25. The summed E-state index contributed by atoms with van der Waals surface area (Å²) in [6, 6.07) is 8.05. The molecule has 0 radical (unpaired) electrons. The van der Waals surface area contributed by atoms with Crippen LogP contribution in [0.25, 0.3) is 0 Å². The molecule has 1 atom stereocenters. The van der Waals surface area contributed by atoms with Crippen molar-refractivity contribution < 1.29 is 9.53 Å².